The molecule has 0 unspecified atom stereocenters. The summed E-state index contributed by atoms with van der Waals surface area (Å²) in [6, 6.07) is 0. The van der Waals surface area contributed by atoms with Crippen LogP contribution in [-0.4, -0.2) is 15.7 Å². The summed E-state index contributed by atoms with van der Waals surface area (Å²) < 4.78 is 0.703. The van der Waals surface area contributed by atoms with Gasteiger partial charge in [-0.3, -0.25) is 9.59 Å². The van der Waals surface area contributed by atoms with Crippen molar-refractivity contribution in [2.24, 2.45) is 0 Å². The molecule has 70 valence electrons. The summed E-state index contributed by atoms with van der Waals surface area (Å²) >= 11 is 11.0. The molecule has 1 heterocycles. The zero-order valence-corrected chi connectivity index (χ0v) is 8.26. The van der Waals surface area contributed by atoms with Crippen LogP contribution >= 0.6 is 23.2 Å². The third-order valence-corrected chi connectivity index (χ3v) is 2.16. The molecule has 0 aliphatic carbocycles. The van der Waals surface area contributed by atoms with Gasteiger partial charge in [-0.05, 0) is 0 Å². The van der Waals surface area contributed by atoms with E-state index in [1.54, 1.807) is 6.92 Å². The van der Waals surface area contributed by atoms with Gasteiger partial charge >= 0.3 is 0 Å². The lowest BCUT2D eigenvalue weighted by Crippen LogP contribution is -2.28. The van der Waals surface area contributed by atoms with Gasteiger partial charge in [0.05, 0.1) is 11.2 Å². The average molecular weight is 221 g/mol. The minimum absolute atomic E-state index is 0.0480. The fraction of sp³-hybridized carbons (Fsp3) is 0.286. The second-order valence-corrected chi connectivity index (χ2v) is 3.06. The minimum Gasteiger partial charge on any atom is -0.272 e. The first-order valence-corrected chi connectivity index (χ1v) is 4.30. The molecular formula is C7H6Cl2N2O2. The highest BCUT2D eigenvalue weighted by molar-refractivity contribution is 6.41. The van der Waals surface area contributed by atoms with E-state index in [9.17, 15) is 9.59 Å². The predicted molar refractivity (Wildman–Crippen MR) is 49.4 cm³/mol. The van der Waals surface area contributed by atoms with Gasteiger partial charge < -0.3 is 0 Å². The van der Waals surface area contributed by atoms with Crippen LogP contribution in [0.2, 0.25) is 10.0 Å². The molecule has 1 aromatic rings. The fourth-order valence-electron chi connectivity index (χ4n) is 0.740. The Balaban J connectivity index is 3.35. The lowest BCUT2D eigenvalue weighted by atomic mass is 10.4. The summed E-state index contributed by atoms with van der Waals surface area (Å²) in [5, 5.41) is 3.41. The number of carbonyl (C=O) groups excluding carboxylic acids is 1. The molecule has 4 nitrogen and oxygen atoms in total. The standard InChI is InChI=1S/C7H6Cl2N2O2/c1-2-5(12)11-7(13)6(9)4(8)3-10-11/h3H,2H2,1H3. The van der Waals surface area contributed by atoms with Gasteiger partial charge in [-0.1, -0.05) is 30.1 Å². The molecule has 0 spiro atoms. The van der Waals surface area contributed by atoms with Crippen molar-refractivity contribution in [1.29, 1.82) is 0 Å². The number of hydrogen-bond acceptors (Lipinski definition) is 3. The van der Waals surface area contributed by atoms with Crippen molar-refractivity contribution in [3.05, 3.63) is 26.6 Å². The number of hydrogen-bond donors (Lipinski definition) is 0. The Labute approximate surface area is 84.1 Å². The molecule has 0 radical (unpaired) electrons. The Morgan fingerprint density at radius 1 is 1.62 bits per heavy atom. The number of halogens is 2. The lowest BCUT2D eigenvalue weighted by Gasteiger charge is -2.00. The Morgan fingerprint density at radius 3 is 2.77 bits per heavy atom. The molecule has 1 rings (SSSR count). The molecule has 0 bridgehead atoms. The summed E-state index contributed by atoms with van der Waals surface area (Å²) in [5.41, 5.74) is -0.680. The lowest BCUT2D eigenvalue weighted by molar-refractivity contribution is 0.0886. The molecular weight excluding hydrogens is 215 g/mol. The van der Waals surface area contributed by atoms with Crippen LogP contribution in [0.1, 0.15) is 18.1 Å². The van der Waals surface area contributed by atoms with E-state index in [0.717, 1.165) is 0 Å². The molecule has 6 heteroatoms. The fourth-order valence-corrected chi connectivity index (χ4v) is 0.993. The highest BCUT2D eigenvalue weighted by Crippen LogP contribution is 2.14. The Hall–Kier alpha value is -0.870. The van der Waals surface area contributed by atoms with Crippen LogP contribution in [0.5, 0.6) is 0 Å². The van der Waals surface area contributed by atoms with Gasteiger partial charge in [-0.15, -0.1) is 0 Å². The molecule has 0 N–H and O–H groups in total. The zero-order chi connectivity index (χ0) is 10.0. The number of aromatic nitrogens is 2. The van der Waals surface area contributed by atoms with E-state index in [2.05, 4.69) is 5.10 Å². The molecule has 13 heavy (non-hydrogen) atoms. The summed E-state index contributed by atoms with van der Waals surface area (Å²) in [4.78, 5) is 22.3. The second-order valence-electron chi connectivity index (χ2n) is 2.27. The molecule has 0 saturated heterocycles. The molecule has 0 fully saturated rings. The van der Waals surface area contributed by atoms with Crippen LogP contribution in [-0.2, 0) is 0 Å². The molecule has 1 aromatic heterocycles. The Bertz CT molecular complexity index is 400. The first-order chi connectivity index (χ1) is 6.07. The quantitative estimate of drug-likeness (QED) is 0.723. The number of rotatable bonds is 1. The zero-order valence-electron chi connectivity index (χ0n) is 6.75. The van der Waals surface area contributed by atoms with Gasteiger partial charge in [0.25, 0.3) is 5.56 Å². The highest BCUT2D eigenvalue weighted by atomic mass is 35.5. The smallest absolute Gasteiger partial charge is 0.272 e. The predicted octanol–water partition coefficient (Wildman–Crippen LogP) is 1.60. The normalized spacial score (nSPS) is 10.1. The molecule has 0 saturated carbocycles. The largest absolute Gasteiger partial charge is 0.294 e. The van der Waals surface area contributed by atoms with E-state index in [-0.39, 0.29) is 16.5 Å². The second kappa shape index (κ2) is 3.89. The summed E-state index contributed by atoms with van der Waals surface area (Å²) in [5.74, 6) is -0.413. The maximum absolute atomic E-state index is 11.3. The van der Waals surface area contributed by atoms with Crippen molar-refractivity contribution in [3.8, 4) is 0 Å². The van der Waals surface area contributed by atoms with Crippen LogP contribution in [0.4, 0.5) is 0 Å². The summed E-state index contributed by atoms with van der Waals surface area (Å²) in [6.07, 6.45) is 1.35. The first-order valence-electron chi connectivity index (χ1n) is 3.54. The van der Waals surface area contributed by atoms with Gasteiger partial charge in [0.1, 0.15) is 5.02 Å². The topological polar surface area (TPSA) is 52.0 Å². The monoisotopic (exact) mass is 220 g/mol. The molecule has 0 atom stereocenters. The van der Waals surface area contributed by atoms with Crippen LogP contribution in [0, 0.1) is 0 Å². The van der Waals surface area contributed by atoms with Gasteiger partial charge in [0, 0.05) is 6.42 Å². The van der Waals surface area contributed by atoms with Crippen LogP contribution in [0.3, 0.4) is 0 Å². The summed E-state index contributed by atoms with van der Waals surface area (Å²) in [7, 11) is 0. The van der Waals surface area contributed by atoms with Crippen molar-refractivity contribution in [3.63, 3.8) is 0 Å². The molecule has 0 aromatic carbocycles. The van der Waals surface area contributed by atoms with Crippen LogP contribution < -0.4 is 5.56 Å². The van der Waals surface area contributed by atoms with Gasteiger partial charge in [0.2, 0.25) is 5.91 Å². The van der Waals surface area contributed by atoms with Crippen molar-refractivity contribution < 1.29 is 4.79 Å². The maximum Gasteiger partial charge on any atom is 0.294 e. The number of carbonyl (C=O) groups is 1. The molecule has 0 aliphatic rings. The molecule has 0 aliphatic heterocycles. The van der Waals surface area contributed by atoms with E-state index < -0.39 is 11.5 Å². The van der Waals surface area contributed by atoms with Gasteiger partial charge in [-0.2, -0.15) is 9.78 Å². The van der Waals surface area contributed by atoms with E-state index in [4.69, 9.17) is 23.2 Å². The van der Waals surface area contributed by atoms with E-state index in [0.29, 0.717) is 4.68 Å². The van der Waals surface area contributed by atoms with Crippen molar-refractivity contribution in [1.82, 2.24) is 9.78 Å². The number of nitrogens with zero attached hydrogens (tertiary/aromatic N) is 2. The van der Waals surface area contributed by atoms with Crippen molar-refractivity contribution >= 4 is 29.1 Å². The van der Waals surface area contributed by atoms with Gasteiger partial charge in [0.15, 0.2) is 0 Å². The molecule has 0 amide bonds. The average Bonchev–Trinajstić information content (AvgIpc) is 2.13. The third-order valence-electron chi connectivity index (χ3n) is 1.42. The third kappa shape index (κ3) is 1.89. The van der Waals surface area contributed by atoms with E-state index in [1.807, 2.05) is 0 Å². The van der Waals surface area contributed by atoms with E-state index >= 15 is 0 Å². The highest BCUT2D eigenvalue weighted by Gasteiger charge is 2.11. The Kier molecular flexibility index (Phi) is 3.06. The van der Waals surface area contributed by atoms with Crippen LogP contribution in [0.25, 0.3) is 0 Å². The minimum atomic E-state index is -0.680. The maximum atomic E-state index is 11.3. The van der Waals surface area contributed by atoms with Crippen molar-refractivity contribution in [2.45, 2.75) is 13.3 Å². The van der Waals surface area contributed by atoms with Crippen LogP contribution in [0.15, 0.2) is 11.0 Å². The Morgan fingerprint density at radius 2 is 2.23 bits per heavy atom. The van der Waals surface area contributed by atoms with E-state index in [1.165, 1.54) is 6.20 Å². The SMILES string of the molecule is CCC(=O)n1ncc(Cl)c(Cl)c1=O. The summed E-state index contributed by atoms with van der Waals surface area (Å²) in [6.45, 7) is 1.62. The van der Waals surface area contributed by atoms with Gasteiger partial charge in [-0.25, -0.2) is 0 Å². The van der Waals surface area contributed by atoms with Crippen molar-refractivity contribution in [2.75, 3.05) is 0 Å². The first kappa shape index (κ1) is 10.2.